The normalized spacial score (nSPS) is 20.4. The van der Waals surface area contributed by atoms with E-state index in [1.807, 2.05) is 24.3 Å². The van der Waals surface area contributed by atoms with E-state index in [0.29, 0.717) is 24.6 Å². The first kappa shape index (κ1) is 10.3. The fraction of sp³-hybridized carbons (Fsp3) is 0.333. The maximum absolute atomic E-state index is 11.7. The van der Waals surface area contributed by atoms with E-state index in [9.17, 15) is 4.79 Å². The maximum Gasteiger partial charge on any atom is 0.305 e. The molecule has 0 aliphatic carbocycles. The van der Waals surface area contributed by atoms with Gasteiger partial charge in [-0.05, 0) is 12.1 Å². The number of nitrogens with zero attached hydrogens (tertiary/aromatic N) is 2. The van der Waals surface area contributed by atoms with Gasteiger partial charge in [-0.3, -0.25) is 9.69 Å². The van der Waals surface area contributed by atoms with Crippen LogP contribution in [0.4, 0.5) is 6.01 Å². The molecule has 1 N–H and O–H groups in total. The Hall–Kier alpha value is -1.88. The number of fused-ring (bicyclic) bond motifs is 1. The van der Waals surface area contributed by atoms with Crippen molar-refractivity contribution in [2.45, 2.75) is 6.42 Å². The summed E-state index contributed by atoms with van der Waals surface area (Å²) in [4.78, 5) is 17.5. The number of carbonyl (C=O) groups is 1. The number of rotatable bonds is 2. The van der Waals surface area contributed by atoms with Gasteiger partial charge in [-0.15, -0.1) is 0 Å². The van der Waals surface area contributed by atoms with E-state index in [2.05, 4.69) is 4.98 Å². The number of anilines is 1. The second-order valence-electron chi connectivity index (χ2n) is 4.22. The Morgan fingerprint density at radius 1 is 1.47 bits per heavy atom. The van der Waals surface area contributed by atoms with Crippen LogP contribution in [0.2, 0.25) is 0 Å². The van der Waals surface area contributed by atoms with Crippen molar-refractivity contribution < 1.29 is 14.3 Å². The molecule has 1 amide bonds. The molecule has 1 atom stereocenters. The Bertz CT molecular complexity index is 531. The summed E-state index contributed by atoms with van der Waals surface area (Å²) in [5.74, 6) is -0.0619. The summed E-state index contributed by atoms with van der Waals surface area (Å²) < 4.78 is 5.53. The molecule has 2 aromatic rings. The zero-order valence-corrected chi connectivity index (χ0v) is 9.17. The van der Waals surface area contributed by atoms with Crippen molar-refractivity contribution in [1.29, 1.82) is 0 Å². The van der Waals surface area contributed by atoms with Crippen LogP contribution in [0, 0.1) is 5.92 Å². The van der Waals surface area contributed by atoms with Gasteiger partial charge in [0.1, 0.15) is 5.52 Å². The third-order valence-corrected chi connectivity index (χ3v) is 2.98. The first-order valence-electron chi connectivity index (χ1n) is 5.54. The number of benzene rings is 1. The number of hydrogen-bond acceptors (Lipinski definition) is 4. The molecule has 5 heteroatoms. The molecule has 1 aliphatic heterocycles. The number of amides is 1. The summed E-state index contributed by atoms with van der Waals surface area (Å²) in [7, 11) is 0. The Kier molecular flexibility index (Phi) is 2.33. The largest absolute Gasteiger partial charge is 0.423 e. The minimum atomic E-state index is -0.0457. The first-order valence-corrected chi connectivity index (χ1v) is 5.54. The van der Waals surface area contributed by atoms with Crippen LogP contribution in [-0.4, -0.2) is 29.1 Å². The Morgan fingerprint density at radius 3 is 3.00 bits per heavy atom. The highest BCUT2D eigenvalue weighted by molar-refractivity contribution is 5.94. The van der Waals surface area contributed by atoms with Crippen molar-refractivity contribution in [2.75, 3.05) is 18.1 Å². The van der Waals surface area contributed by atoms with E-state index in [4.69, 9.17) is 9.52 Å². The highest BCUT2D eigenvalue weighted by atomic mass is 16.4. The molecule has 1 fully saturated rings. The average Bonchev–Trinajstić information content (AvgIpc) is 2.91. The zero-order chi connectivity index (χ0) is 11.8. The van der Waals surface area contributed by atoms with E-state index in [0.717, 1.165) is 5.52 Å². The highest BCUT2D eigenvalue weighted by Crippen LogP contribution is 2.27. The number of oxazole rings is 1. The van der Waals surface area contributed by atoms with Crippen LogP contribution in [0.3, 0.4) is 0 Å². The number of aliphatic hydroxyl groups excluding tert-OH is 1. The molecule has 5 nitrogen and oxygen atoms in total. The molecule has 0 bridgehead atoms. The summed E-state index contributed by atoms with van der Waals surface area (Å²) in [5, 5.41) is 9.06. The van der Waals surface area contributed by atoms with E-state index in [-0.39, 0.29) is 18.4 Å². The summed E-state index contributed by atoms with van der Waals surface area (Å²) in [6, 6.07) is 7.71. The van der Waals surface area contributed by atoms with Gasteiger partial charge < -0.3 is 9.52 Å². The molecule has 88 valence electrons. The summed E-state index contributed by atoms with van der Waals surface area (Å²) in [6.45, 7) is 0.491. The average molecular weight is 232 g/mol. The second kappa shape index (κ2) is 3.85. The quantitative estimate of drug-likeness (QED) is 0.844. The Balaban J connectivity index is 1.96. The lowest BCUT2D eigenvalue weighted by molar-refractivity contribution is -0.117. The second-order valence-corrected chi connectivity index (χ2v) is 4.22. The van der Waals surface area contributed by atoms with Crippen LogP contribution in [0.1, 0.15) is 6.42 Å². The molecule has 1 saturated heterocycles. The van der Waals surface area contributed by atoms with Gasteiger partial charge in [0.05, 0.1) is 0 Å². The number of aliphatic hydroxyl groups is 1. The minimum Gasteiger partial charge on any atom is -0.423 e. The summed E-state index contributed by atoms with van der Waals surface area (Å²) >= 11 is 0. The van der Waals surface area contributed by atoms with Crippen molar-refractivity contribution in [3.63, 3.8) is 0 Å². The van der Waals surface area contributed by atoms with Crippen molar-refractivity contribution in [3.8, 4) is 0 Å². The molecule has 1 unspecified atom stereocenters. The SMILES string of the molecule is O=C1CC(CO)CN1c1nc2ccccc2o1. The molecule has 2 heterocycles. The summed E-state index contributed by atoms with van der Waals surface area (Å²) in [5.41, 5.74) is 1.41. The van der Waals surface area contributed by atoms with Crippen molar-refractivity contribution >= 4 is 23.0 Å². The summed E-state index contributed by atoms with van der Waals surface area (Å²) in [6.07, 6.45) is 0.356. The predicted molar refractivity (Wildman–Crippen MR) is 61.6 cm³/mol. The molecule has 1 aromatic carbocycles. The number of hydrogen-bond donors (Lipinski definition) is 1. The number of para-hydroxylation sites is 2. The van der Waals surface area contributed by atoms with Gasteiger partial charge in [0.2, 0.25) is 5.91 Å². The monoisotopic (exact) mass is 232 g/mol. The van der Waals surface area contributed by atoms with Gasteiger partial charge in [-0.2, -0.15) is 4.98 Å². The number of aromatic nitrogens is 1. The van der Waals surface area contributed by atoms with Crippen molar-refractivity contribution in [2.24, 2.45) is 5.92 Å². The topological polar surface area (TPSA) is 66.6 Å². The molecule has 0 radical (unpaired) electrons. The first-order chi connectivity index (χ1) is 8.28. The fourth-order valence-corrected chi connectivity index (χ4v) is 2.06. The standard InChI is InChI=1S/C12H12N2O3/c15-7-8-5-11(16)14(6-8)12-13-9-3-1-2-4-10(9)17-12/h1-4,8,15H,5-7H2. The van der Waals surface area contributed by atoms with Crippen LogP contribution >= 0.6 is 0 Å². The van der Waals surface area contributed by atoms with Gasteiger partial charge >= 0.3 is 6.01 Å². The van der Waals surface area contributed by atoms with Crippen LogP contribution < -0.4 is 4.90 Å². The van der Waals surface area contributed by atoms with Gasteiger partial charge in [0.25, 0.3) is 0 Å². The smallest absolute Gasteiger partial charge is 0.305 e. The predicted octanol–water partition coefficient (Wildman–Crippen LogP) is 1.17. The molecule has 17 heavy (non-hydrogen) atoms. The van der Waals surface area contributed by atoms with E-state index < -0.39 is 0 Å². The van der Waals surface area contributed by atoms with Gasteiger partial charge in [0.15, 0.2) is 5.58 Å². The number of carbonyl (C=O) groups excluding carboxylic acids is 1. The lowest BCUT2D eigenvalue weighted by Gasteiger charge is -2.10. The highest BCUT2D eigenvalue weighted by Gasteiger charge is 2.32. The zero-order valence-electron chi connectivity index (χ0n) is 9.17. The minimum absolute atomic E-state index is 0.0162. The van der Waals surface area contributed by atoms with Gasteiger partial charge in [0, 0.05) is 25.5 Å². The maximum atomic E-state index is 11.7. The lowest BCUT2D eigenvalue weighted by Crippen LogP contribution is -2.25. The third kappa shape index (κ3) is 1.68. The molecular weight excluding hydrogens is 220 g/mol. The van der Waals surface area contributed by atoms with E-state index in [1.165, 1.54) is 4.90 Å². The molecular formula is C12H12N2O3. The van der Waals surface area contributed by atoms with Crippen molar-refractivity contribution in [1.82, 2.24) is 4.98 Å². The van der Waals surface area contributed by atoms with Crippen LogP contribution in [0.25, 0.3) is 11.1 Å². The molecule has 1 aromatic heterocycles. The van der Waals surface area contributed by atoms with Crippen molar-refractivity contribution in [3.05, 3.63) is 24.3 Å². The molecule has 1 aliphatic rings. The van der Waals surface area contributed by atoms with Gasteiger partial charge in [-0.1, -0.05) is 12.1 Å². The van der Waals surface area contributed by atoms with E-state index in [1.54, 1.807) is 0 Å². The molecule has 0 saturated carbocycles. The molecule has 0 spiro atoms. The van der Waals surface area contributed by atoms with Crippen LogP contribution in [-0.2, 0) is 4.79 Å². The van der Waals surface area contributed by atoms with Crippen LogP contribution in [0.5, 0.6) is 0 Å². The Labute approximate surface area is 97.7 Å². The molecule has 3 rings (SSSR count). The fourth-order valence-electron chi connectivity index (χ4n) is 2.06. The third-order valence-electron chi connectivity index (χ3n) is 2.98. The van der Waals surface area contributed by atoms with E-state index >= 15 is 0 Å². The van der Waals surface area contributed by atoms with Gasteiger partial charge in [-0.25, -0.2) is 0 Å². The van der Waals surface area contributed by atoms with Crippen LogP contribution in [0.15, 0.2) is 28.7 Å². The Morgan fingerprint density at radius 2 is 2.29 bits per heavy atom. The lowest BCUT2D eigenvalue weighted by atomic mass is 10.1.